The number of hydrogen-bond acceptors (Lipinski definition) is 1. The molecule has 1 aromatic carbocycles. The van der Waals surface area contributed by atoms with Gasteiger partial charge in [0, 0.05) is 11.1 Å². The molecule has 0 spiro atoms. The van der Waals surface area contributed by atoms with E-state index >= 15 is 0 Å². The van der Waals surface area contributed by atoms with Gasteiger partial charge in [-0.05, 0) is 13.0 Å². The lowest BCUT2D eigenvalue weighted by atomic mass is 10.1. The Balaban J connectivity index is 3.18. The first-order valence-corrected chi connectivity index (χ1v) is 3.66. The average Bonchev–Trinajstić information content (AvgIpc) is 2.10. The molecule has 0 saturated carbocycles. The van der Waals surface area contributed by atoms with E-state index in [4.69, 9.17) is 0 Å². The summed E-state index contributed by atoms with van der Waals surface area (Å²) < 4.78 is 13.0. The van der Waals surface area contributed by atoms with Crippen molar-refractivity contribution in [3.05, 3.63) is 41.7 Å². The fourth-order valence-electron chi connectivity index (χ4n) is 0.982. The minimum absolute atomic E-state index is 0.356. The number of allylic oxidation sites excluding steroid dienone is 2. The molecule has 0 aromatic heterocycles. The van der Waals surface area contributed by atoms with Crippen LogP contribution in [0.4, 0.5) is 4.39 Å². The summed E-state index contributed by atoms with van der Waals surface area (Å²) in [4.78, 5) is 10.5. The summed E-state index contributed by atoms with van der Waals surface area (Å²) >= 11 is 0. The first-order chi connectivity index (χ1) is 5.79. The van der Waals surface area contributed by atoms with E-state index in [9.17, 15) is 9.18 Å². The van der Waals surface area contributed by atoms with Crippen molar-refractivity contribution in [1.29, 1.82) is 0 Å². The van der Waals surface area contributed by atoms with Gasteiger partial charge in [-0.25, -0.2) is 4.39 Å². The van der Waals surface area contributed by atoms with Crippen molar-refractivity contribution in [1.82, 2.24) is 0 Å². The molecule has 0 N–H and O–H groups in total. The van der Waals surface area contributed by atoms with Crippen LogP contribution in [0.5, 0.6) is 0 Å². The second-order valence-corrected chi connectivity index (χ2v) is 2.34. The molecule has 1 nitrogen and oxygen atoms in total. The van der Waals surface area contributed by atoms with E-state index < -0.39 is 0 Å². The van der Waals surface area contributed by atoms with Crippen LogP contribution in [-0.4, -0.2) is 6.29 Å². The first-order valence-electron chi connectivity index (χ1n) is 3.66. The number of rotatable bonds is 2. The van der Waals surface area contributed by atoms with Gasteiger partial charge in [0.1, 0.15) is 12.1 Å². The lowest BCUT2D eigenvalue weighted by Gasteiger charge is -1.99. The van der Waals surface area contributed by atoms with Crippen molar-refractivity contribution in [3.8, 4) is 0 Å². The van der Waals surface area contributed by atoms with Crippen molar-refractivity contribution in [2.24, 2.45) is 0 Å². The summed E-state index contributed by atoms with van der Waals surface area (Å²) in [6.45, 7) is 1.70. The van der Waals surface area contributed by atoms with E-state index in [1.54, 1.807) is 31.2 Å². The van der Waals surface area contributed by atoms with Crippen molar-refractivity contribution in [2.45, 2.75) is 6.92 Å². The largest absolute Gasteiger partial charge is 0.298 e. The molecule has 2 heteroatoms. The van der Waals surface area contributed by atoms with Crippen LogP contribution in [0.3, 0.4) is 0 Å². The van der Waals surface area contributed by atoms with Crippen LogP contribution in [-0.2, 0) is 4.79 Å². The standard InChI is InChI=1S/C10H9FO/c1-2-8(7-12)9-5-3-4-6-10(9)11/h2-7H,1H3. The Morgan fingerprint density at radius 2 is 2.08 bits per heavy atom. The quantitative estimate of drug-likeness (QED) is 0.484. The molecule has 0 amide bonds. The van der Waals surface area contributed by atoms with E-state index in [0.29, 0.717) is 17.4 Å². The van der Waals surface area contributed by atoms with Crippen LogP contribution in [0.2, 0.25) is 0 Å². The number of carbonyl (C=O) groups is 1. The summed E-state index contributed by atoms with van der Waals surface area (Å²) in [5, 5.41) is 0. The highest BCUT2D eigenvalue weighted by molar-refractivity contribution is 6.06. The summed E-state index contributed by atoms with van der Waals surface area (Å²) in [7, 11) is 0. The van der Waals surface area contributed by atoms with Crippen LogP contribution in [0.1, 0.15) is 12.5 Å². The maximum Gasteiger partial charge on any atom is 0.150 e. The van der Waals surface area contributed by atoms with E-state index in [2.05, 4.69) is 0 Å². The maximum absolute atomic E-state index is 13.0. The number of halogens is 1. The predicted octanol–water partition coefficient (Wildman–Crippen LogP) is 2.43. The van der Waals surface area contributed by atoms with Gasteiger partial charge >= 0.3 is 0 Å². The molecule has 0 heterocycles. The van der Waals surface area contributed by atoms with Gasteiger partial charge in [0.05, 0.1) is 0 Å². The zero-order valence-electron chi connectivity index (χ0n) is 6.75. The van der Waals surface area contributed by atoms with Gasteiger partial charge in [-0.1, -0.05) is 24.3 Å². The van der Waals surface area contributed by atoms with E-state index in [0.717, 1.165) is 0 Å². The minimum Gasteiger partial charge on any atom is -0.298 e. The molecule has 12 heavy (non-hydrogen) atoms. The van der Waals surface area contributed by atoms with Crippen LogP contribution in [0.25, 0.3) is 5.57 Å². The lowest BCUT2D eigenvalue weighted by Crippen LogP contribution is -1.89. The second kappa shape index (κ2) is 3.81. The van der Waals surface area contributed by atoms with E-state index in [-0.39, 0.29) is 5.82 Å². The maximum atomic E-state index is 13.0. The van der Waals surface area contributed by atoms with Crippen LogP contribution in [0, 0.1) is 5.82 Å². The topological polar surface area (TPSA) is 17.1 Å². The molecule has 0 atom stereocenters. The molecule has 62 valence electrons. The Bertz CT molecular complexity index is 315. The third-order valence-electron chi connectivity index (χ3n) is 1.62. The summed E-state index contributed by atoms with van der Waals surface area (Å²) in [6, 6.07) is 6.21. The van der Waals surface area contributed by atoms with Crippen LogP contribution >= 0.6 is 0 Å². The molecular formula is C10H9FO. The van der Waals surface area contributed by atoms with Gasteiger partial charge in [-0.2, -0.15) is 0 Å². The molecule has 0 aliphatic carbocycles. The fraction of sp³-hybridized carbons (Fsp3) is 0.100. The third-order valence-corrected chi connectivity index (χ3v) is 1.62. The molecule has 0 unspecified atom stereocenters. The molecule has 0 saturated heterocycles. The second-order valence-electron chi connectivity index (χ2n) is 2.34. The Labute approximate surface area is 70.5 Å². The summed E-state index contributed by atoms with van der Waals surface area (Å²) in [5.74, 6) is -0.363. The SMILES string of the molecule is CC=C(C=O)c1ccccc1F. The summed E-state index contributed by atoms with van der Waals surface area (Å²) in [5.41, 5.74) is 0.739. The monoisotopic (exact) mass is 164 g/mol. The lowest BCUT2D eigenvalue weighted by molar-refractivity contribution is -0.103. The van der Waals surface area contributed by atoms with Gasteiger partial charge in [-0.15, -0.1) is 0 Å². The van der Waals surface area contributed by atoms with Crippen LogP contribution in [0.15, 0.2) is 30.3 Å². The van der Waals surface area contributed by atoms with Crippen molar-refractivity contribution in [3.63, 3.8) is 0 Å². The normalized spacial score (nSPS) is 11.3. The molecule has 0 aliphatic heterocycles. The first kappa shape index (κ1) is 8.65. The Hall–Kier alpha value is -1.44. The Kier molecular flexibility index (Phi) is 2.75. The Morgan fingerprint density at radius 3 is 2.58 bits per heavy atom. The molecule has 0 fully saturated rings. The number of aldehydes is 1. The Morgan fingerprint density at radius 1 is 1.42 bits per heavy atom. The zero-order valence-corrected chi connectivity index (χ0v) is 6.75. The molecule has 1 aromatic rings. The van der Waals surface area contributed by atoms with Crippen molar-refractivity contribution >= 4 is 11.9 Å². The van der Waals surface area contributed by atoms with Gasteiger partial charge in [0.25, 0.3) is 0 Å². The average molecular weight is 164 g/mol. The number of hydrogen-bond donors (Lipinski definition) is 0. The van der Waals surface area contributed by atoms with Gasteiger partial charge < -0.3 is 0 Å². The molecule has 1 rings (SSSR count). The van der Waals surface area contributed by atoms with Crippen LogP contribution < -0.4 is 0 Å². The molecule has 0 aliphatic rings. The van der Waals surface area contributed by atoms with Gasteiger partial charge in [-0.3, -0.25) is 4.79 Å². The van der Waals surface area contributed by atoms with Crippen molar-refractivity contribution < 1.29 is 9.18 Å². The predicted molar refractivity (Wildman–Crippen MR) is 46.1 cm³/mol. The third kappa shape index (κ3) is 1.59. The summed E-state index contributed by atoms with van der Waals surface area (Å²) in [6.07, 6.45) is 2.24. The highest BCUT2D eigenvalue weighted by atomic mass is 19.1. The zero-order chi connectivity index (χ0) is 8.97. The fourth-order valence-corrected chi connectivity index (χ4v) is 0.982. The van der Waals surface area contributed by atoms with Crippen molar-refractivity contribution in [2.75, 3.05) is 0 Å². The number of benzene rings is 1. The molecular weight excluding hydrogens is 155 g/mol. The molecule has 0 bridgehead atoms. The van der Waals surface area contributed by atoms with E-state index in [1.807, 2.05) is 0 Å². The highest BCUT2D eigenvalue weighted by Gasteiger charge is 2.03. The highest BCUT2D eigenvalue weighted by Crippen LogP contribution is 2.15. The van der Waals surface area contributed by atoms with Gasteiger partial charge in [0.2, 0.25) is 0 Å². The van der Waals surface area contributed by atoms with Gasteiger partial charge in [0.15, 0.2) is 0 Å². The minimum atomic E-state index is -0.363. The number of carbonyl (C=O) groups excluding carboxylic acids is 1. The molecule has 0 radical (unpaired) electrons. The van der Waals surface area contributed by atoms with E-state index in [1.165, 1.54) is 6.07 Å². The smallest absolute Gasteiger partial charge is 0.150 e.